The summed E-state index contributed by atoms with van der Waals surface area (Å²) in [6, 6.07) is 0. The molecule has 190 valence electrons. The maximum absolute atomic E-state index is 12.0. The summed E-state index contributed by atoms with van der Waals surface area (Å²) in [5, 5.41) is 30.0. The molecule has 1 unspecified atom stereocenters. The van der Waals surface area contributed by atoms with E-state index in [4.69, 9.17) is 14.6 Å². The van der Waals surface area contributed by atoms with Gasteiger partial charge in [0.15, 0.2) is 0 Å². The Morgan fingerprint density at radius 1 is 0.969 bits per heavy atom. The van der Waals surface area contributed by atoms with Crippen LogP contribution in [0.4, 0.5) is 0 Å². The molecule has 0 amide bonds. The van der Waals surface area contributed by atoms with Crippen molar-refractivity contribution in [2.75, 3.05) is 19.8 Å². The minimum atomic E-state index is -1.99. The van der Waals surface area contributed by atoms with Crippen LogP contribution in [0.5, 0.6) is 0 Å². The van der Waals surface area contributed by atoms with Crippen LogP contribution in [0.15, 0.2) is 0 Å². The van der Waals surface area contributed by atoms with Crippen molar-refractivity contribution in [3.63, 3.8) is 0 Å². The van der Waals surface area contributed by atoms with Gasteiger partial charge in [-0.1, -0.05) is 59.3 Å². The van der Waals surface area contributed by atoms with Gasteiger partial charge in [0.05, 0.1) is 25.9 Å². The number of aliphatic hydroxyl groups is 3. The van der Waals surface area contributed by atoms with E-state index in [9.17, 15) is 15.0 Å². The third-order valence-corrected chi connectivity index (χ3v) is 7.15. The fraction of sp³-hybridized carbons (Fsp3) is 0.962. The molecule has 0 heterocycles. The van der Waals surface area contributed by atoms with Crippen molar-refractivity contribution in [3.05, 3.63) is 0 Å². The van der Waals surface area contributed by atoms with Crippen LogP contribution in [0.2, 0.25) is 0 Å². The van der Waals surface area contributed by atoms with E-state index in [1.54, 1.807) is 6.92 Å². The molecule has 6 heteroatoms. The molecule has 0 bridgehead atoms. The van der Waals surface area contributed by atoms with Crippen molar-refractivity contribution in [3.8, 4) is 0 Å². The molecule has 1 fully saturated rings. The molecule has 0 spiro atoms. The van der Waals surface area contributed by atoms with E-state index < -0.39 is 11.8 Å². The molecule has 0 aliphatic heterocycles. The molecule has 1 rings (SSSR count). The molecule has 1 aliphatic rings. The first-order valence-electron chi connectivity index (χ1n) is 13.0. The summed E-state index contributed by atoms with van der Waals surface area (Å²) in [5.74, 6) is -1.81. The lowest BCUT2D eigenvalue weighted by molar-refractivity contribution is -0.233. The van der Waals surface area contributed by atoms with E-state index in [-0.39, 0.29) is 32.3 Å². The summed E-state index contributed by atoms with van der Waals surface area (Å²) in [7, 11) is 0. The van der Waals surface area contributed by atoms with Crippen molar-refractivity contribution in [1.29, 1.82) is 0 Å². The zero-order valence-corrected chi connectivity index (χ0v) is 21.1. The maximum Gasteiger partial charge on any atom is 0.366 e. The molecular formula is C26H50O6. The number of unbranched alkanes of at least 4 members (excludes halogenated alkanes) is 3. The third kappa shape index (κ3) is 10.5. The minimum absolute atomic E-state index is 0.111. The van der Waals surface area contributed by atoms with Gasteiger partial charge in [0.25, 0.3) is 5.79 Å². The summed E-state index contributed by atoms with van der Waals surface area (Å²) in [5.41, 5.74) is 0.413. The summed E-state index contributed by atoms with van der Waals surface area (Å²) in [4.78, 5) is 12.0. The molecule has 0 aromatic carbocycles. The Hall–Kier alpha value is -0.690. The number of esters is 1. The van der Waals surface area contributed by atoms with Crippen LogP contribution in [0.3, 0.4) is 0 Å². The number of carbonyl (C=O) groups is 1. The predicted molar refractivity (Wildman–Crippen MR) is 127 cm³/mol. The predicted octanol–water partition coefficient (Wildman–Crippen LogP) is 4.97. The van der Waals surface area contributed by atoms with Crippen LogP contribution in [0, 0.1) is 17.3 Å². The molecule has 32 heavy (non-hydrogen) atoms. The van der Waals surface area contributed by atoms with E-state index in [0.29, 0.717) is 23.7 Å². The fourth-order valence-electron chi connectivity index (χ4n) is 5.15. The van der Waals surface area contributed by atoms with E-state index in [1.165, 1.54) is 38.5 Å². The molecule has 0 saturated heterocycles. The monoisotopic (exact) mass is 458 g/mol. The van der Waals surface area contributed by atoms with Gasteiger partial charge in [-0.15, -0.1) is 0 Å². The highest BCUT2D eigenvalue weighted by Crippen LogP contribution is 2.40. The lowest BCUT2D eigenvalue weighted by Gasteiger charge is -2.27. The number of hydrogen-bond donors (Lipinski definition) is 3. The maximum atomic E-state index is 12.0. The molecule has 3 N–H and O–H groups in total. The number of ether oxygens (including phenoxy) is 2. The van der Waals surface area contributed by atoms with Gasteiger partial charge < -0.3 is 24.8 Å². The van der Waals surface area contributed by atoms with Crippen LogP contribution >= 0.6 is 0 Å². The molecule has 0 radical (unpaired) electrons. The number of aliphatic hydroxyl groups excluding tert-OH is 2. The first kappa shape index (κ1) is 29.3. The Labute approximate surface area is 196 Å². The fourth-order valence-corrected chi connectivity index (χ4v) is 5.15. The third-order valence-electron chi connectivity index (χ3n) is 7.15. The minimum Gasteiger partial charge on any atom is -0.462 e. The van der Waals surface area contributed by atoms with E-state index in [2.05, 4.69) is 20.8 Å². The Bertz CT molecular complexity index is 509. The van der Waals surface area contributed by atoms with Gasteiger partial charge in [-0.3, -0.25) is 0 Å². The topological polar surface area (TPSA) is 96.2 Å². The van der Waals surface area contributed by atoms with E-state index in [0.717, 1.165) is 32.1 Å². The van der Waals surface area contributed by atoms with E-state index in [1.807, 2.05) is 0 Å². The van der Waals surface area contributed by atoms with Crippen molar-refractivity contribution >= 4 is 5.97 Å². The smallest absolute Gasteiger partial charge is 0.366 e. The molecule has 0 aromatic rings. The van der Waals surface area contributed by atoms with Gasteiger partial charge in [0.1, 0.15) is 0 Å². The molecule has 0 aromatic heterocycles. The van der Waals surface area contributed by atoms with Crippen molar-refractivity contribution in [2.45, 2.75) is 123 Å². The first-order valence-corrected chi connectivity index (χ1v) is 13.0. The molecule has 6 nitrogen and oxygen atoms in total. The van der Waals surface area contributed by atoms with Gasteiger partial charge in [-0.25, -0.2) is 4.79 Å². The second-order valence-corrected chi connectivity index (χ2v) is 10.4. The van der Waals surface area contributed by atoms with Gasteiger partial charge >= 0.3 is 5.97 Å². The number of carbonyl (C=O) groups excluding carboxylic acids is 1. The first-order chi connectivity index (χ1) is 15.2. The van der Waals surface area contributed by atoms with Crippen LogP contribution in [0.25, 0.3) is 0 Å². The normalized spacial score (nSPS) is 23.3. The summed E-state index contributed by atoms with van der Waals surface area (Å²) in [6.07, 6.45) is 12.9. The van der Waals surface area contributed by atoms with Crippen LogP contribution in [-0.4, -0.2) is 53.0 Å². The van der Waals surface area contributed by atoms with Crippen molar-refractivity contribution in [1.82, 2.24) is 0 Å². The molecule has 1 aliphatic carbocycles. The Morgan fingerprint density at radius 2 is 1.69 bits per heavy atom. The number of rotatable bonds is 18. The summed E-state index contributed by atoms with van der Waals surface area (Å²) < 4.78 is 10.1. The van der Waals surface area contributed by atoms with Crippen molar-refractivity contribution < 1.29 is 29.6 Å². The average molecular weight is 459 g/mol. The SMILES string of the molecule is CCCCC(C)(C)CCC[C@H]1CC[C@H](O)[C@@H]1CCCCCC(O)(OCCO)C(=O)OCC. The highest BCUT2D eigenvalue weighted by atomic mass is 16.7. The molecular weight excluding hydrogens is 408 g/mol. The van der Waals surface area contributed by atoms with E-state index >= 15 is 0 Å². The lowest BCUT2D eigenvalue weighted by Crippen LogP contribution is -2.43. The number of hydrogen-bond acceptors (Lipinski definition) is 6. The van der Waals surface area contributed by atoms with Gasteiger partial charge in [-0.2, -0.15) is 0 Å². The van der Waals surface area contributed by atoms with Gasteiger partial charge in [0.2, 0.25) is 0 Å². The molecule has 4 atom stereocenters. The highest BCUT2D eigenvalue weighted by molar-refractivity contribution is 5.77. The van der Waals surface area contributed by atoms with Crippen LogP contribution in [0.1, 0.15) is 111 Å². The highest BCUT2D eigenvalue weighted by Gasteiger charge is 2.38. The standard InChI is InChI=1S/C26H50O6/c1-5-7-16-25(3,4)17-11-12-21-14-15-23(28)22(21)13-9-8-10-18-26(30,32-20-19-27)24(29)31-6-2/h21-23,27-28,30H,5-20H2,1-4H3/t21-,22+,23-,26?/m0/s1. The Balaban J connectivity index is 2.39. The second-order valence-electron chi connectivity index (χ2n) is 10.4. The Kier molecular flexibility index (Phi) is 14.0. The van der Waals surface area contributed by atoms with Crippen LogP contribution in [-0.2, 0) is 14.3 Å². The summed E-state index contributed by atoms with van der Waals surface area (Å²) >= 11 is 0. The lowest BCUT2D eigenvalue weighted by atomic mass is 9.79. The van der Waals surface area contributed by atoms with Crippen molar-refractivity contribution in [2.24, 2.45) is 17.3 Å². The summed E-state index contributed by atoms with van der Waals surface area (Å²) in [6.45, 7) is 8.48. The second kappa shape index (κ2) is 15.3. The zero-order valence-electron chi connectivity index (χ0n) is 21.1. The average Bonchev–Trinajstić information content (AvgIpc) is 3.10. The quantitative estimate of drug-likeness (QED) is 0.152. The van der Waals surface area contributed by atoms with Gasteiger partial charge in [0, 0.05) is 6.42 Å². The Morgan fingerprint density at radius 3 is 2.34 bits per heavy atom. The van der Waals surface area contributed by atoms with Crippen LogP contribution < -0.4 is 0 Å². The zero-order chi connectivity index (χ0) is 24.0. The largest absolute Gasteiger partial charge is 0.462 e. The van der Waals surface area contributed by atoms with Gasteiger partial charge in [-0.05, 0) is 62.7 Å². The molecule has 1 saturated carbocycles.